The molecule has 1 aliphatic heterocycles. The predicted octanol–water partition coefficient (Wildman–Crippen LogP) is 0.818. The fourth-order valence-electron chi connectivity index (χ4n) is 2.86. The number of nitrogens with two attached hydrogens (primary N) is 1. The van der Waals surface area contributed by atoms with Gasteiger partial charge >= 0.3 is 15.4 Å². The highest BCUT2D eigenvalue weighted by Crippen LogP contribution is 2.52. The van der Waals surface area contributed by atoms with Crippen LogP contribution in [0.4, 0.5) is 5.82 Å². The van der Waals surface area contributed by atoms with Gasteiger partial charge in [-0.25, -0.2) is 19.8 Å². The summed E-state index contributed by atoms with van der Waals surface area (Å²) >= 11 is 0. The van der Waals surface area contributed by atoms with Crippen LogP contribution in [0.15, 0.2) is 29.1 Å². The third-order valence-corrected chi connectivity index (χ3v) is 5.16. The van der Waals surface area contributed by atoms with Crippen molar-refractivity contribution < 1.29 is 28.2 Å². The first-order valence-corrected chi connectivity index (χ1v) is 10.1. The summed E-state index contributed by atoms with van der Waals surface area (Å²) in [6.45, 7) is 1.33. The van der Waals surface area contributed by atoms with E-state index >= 15 is 0 Å². The molecule has 0 aromatic carbocycles. The maximum Gasteiger partial charge on any atom is 0.488 e. The van der Waals surface area contributed by atoms with Gasteiger partial charge in [-0.05, 0) is 19.1 Å². The summed E-state index contributed by atoms with van der Waals surface area (Å²) in [6, 6.07) is 3.41. The molecular formula is C15H18BN5O6P+. The molecule has 0 bridgehead atoms. The van der Waals surface area contributed by atoms with E-state index in [4.69, 9.17) is 31.5 Å². The summed E-state index contributed by atoms with van der Waals surface area (Å²) in [6.07, 6.45) is -0.000933. The van der Waals surface area contributed by atoms with Crippen LogP contribution in [-0.2, 0) is 13.8 Å². The lowest BCUT2D eigenvalue weighted by Crippen LogP contribution is -2.33. The Hall–Kier alpha value is -2.08. The quantitative estimate of drug-likeness (QED) is 0.412. The number of anilines is 1. The molecule has 11 nitrogen and oxygen atoms in total. The van der Waals surface area contributed by atoms with Crippen LogP contribution in [0.1, 0.15) is 13.2 Å². The second kappa shape index (κ2) is 7.39. The first-order chi connectivity index (χ1) is 13.4. The molecule has 4 rings (SSSR count). The van der Waals surface area contributed by atoms with Crippen molar-refractivity contribution in [2.75, 3.05) is 18.9 Å². The van der Waals surface area contributed by atoms with Crippen molar-refractivity contribution in [2.24, 2.45) is 0 Å². The van der Waals surface area contributed by atoms with Gasteiger partial charge in [0.1, 0.15) is 25.6 Å². The van der Waals surface area contributed by atoms with E-state index < -0.39 is 26.3 Å². The van der Waals surface area contributed by atoms with E-state index in [1.807, 2.05) is 0 Å². The summed E-state index contributed by atoms with van der Waals surface area (Å²) in [4.78, 5) is 22.7. The number of nitrogen functional groups attached to an aromatic ring is 1. The van der Waals surface area contributed by atoms with Gasteiger partial charge in [-0.15, -0.1) is 0 Å². The molecule has 3 aromatic rings. The Morgan fingerprint density at radius 2 is 2.11 bits per heavy atom. The van der Waals surface area contributed by atoms with Crippen molar-refractivity contribution in [3.63, 3.8) is 0 Å². The minimum absolute atomic E-state index is 0.0379. The zero-order valence-corrected chi connectivity index (χ0v) is 15.8. The Balaban J connectivity index is 1.86. The lowest BCUT2D eigenvalue weighted by Gasteiger charge is -2.26. The molecular weight excluding hydrogens is 388 g/mol. The van der Waals surface area contributed by atoms with E-state index in [0.717, 1.165) is 0 Å². The summed E-state index contributed by atoms with van der Waals surface area (Å²) < 4.78 is 23.4. The Kier molecular flexibility index (Phi) is 5.08. The number of aliphatic hydroxyl groups is 1. The molecule has 0 spiro atoms. The number of nitrogens with zero attached hydrogens (tertiary/aromatic N) is 4. The summed E-state index contributed by atoms with van der Waals surface area (Å²) in [5.74, 6) is 0.922. The van der Waals surface area contributed by atoms with Crippen LogP contribution in [0.25, 0.3) is 22.7 Å². The summed E-state index contributed by atoms with van der Waals surface area (Å²) in [5, 5.41) is 10.8. The molecule has 0 amide bonds. The van der Waals surface area contributed by atoms with Crippen molar-refractivity contribution in [1.82, 2.24) is 19.5 Å². The first kappa shape index (κ1) is 19.3. The monoisotopic (exact) mass is 406 g/mol. The van der Waals surface area contributed by atoms with Gasteiger partial charge in [0.2, 0.25) is 0 Å². The van der Waals surface area contributed by atoms with Crippen molar-refractivity contribution >= 4 is 32.4 Å². The van der Waals surface area contributed by atoms with E-state index in [9.17, 15) is 10.00 Å². The second-order valence-corrected chi connectivity index (χ2v) is 7.92. The van der Waals surface area contributed by atoms with Crippen LogP contribution in [0.2, 0.25) is 0 Å². The minimum atomic E-state index is -3.56. The molecule has 1 fully saturated rings. The van der Waals surface area contributed by atoms with Crippen molar-refractivity contribution in [1.29, 1.82) is 0 Å². The van der Waals surface area contributed by atoms with E-state index in [-0.39, 0.29) is 19.0 Å². The highest BCUT2D eigenvalue weighted by Gasteiger charge is 2.40. The van der Waals surface area contributed by atoms with E-state index in [1.165, 1.54) is 12.6 Å². The normalized spacial score (nSPS) is 29.3. The van der Waals surface area contributed by atoms with Crippen molar-refractivity contribution in [3.8, 4) is 11.6 Å². The smallest absolute Gasteiger partial charge is 0.461 e. The highest BCUT2D eigenvalue weighted by molar-refractivity contribution is 7.85. The van der Waals surface area contributed by atoms with Gasteiger partial charge in [0.15, 0.2) is 34.8 Å². The van der Waals surface area contributed by atoms with Crippen LogP contribution in [0.5, 0.6) is 0 Å². The largest absolute Gasteiger partial charge is 0.488 e. The minimum Gasteiger partial charge on any atom is -0.461 e. The third-order valence-electron chi connectivity index (χ3n) is 4.13. The lowest BCUT2D eigenvalue weighted by atomic mass is 10.3. The van der Waals surface area contributed by atoms with Crippen LogP contribution >= 0.6 is 7.82 Å². The molecule has 1 unspecified atom stereocenters. The SMILES string of the molecule is [B][P+]1(O)OC[C@H](C)O[C@@H](n2c(-c3ccco3)nc3c(N)ncnc32)[C@@H](O)CO1. The molecule has 2 radical (unpaired) electrons. The van der Waals surface area contributed by atoms with Gasteiger partial charge in [-0.1, -0.05) is 0 Å². The molecule has 146 valence electrons. The Morgan fingerprint density at radius 3 is 2.86 bits per heavy atom. The fourth-order valence-corrected chi connectivity index (χ4v) is 3.73. The number of fused-ring (bicyclic) bond motifs is 1. The van der Waals surface area contributed by atoms with Gasteiger partial charge in [0.25, 0.3) is 0 Å². The zero-order valence-electron chi connectivity index (χ0n) is 14.9. The zero-order chi connectivity index (χ0) is 19.9. The molecule has 0 aliphatic carbocycles. The molecule has 1 aliphatic rings. The number of hydrogen-bond acceptors (Lipinski definition) is 10. The number of imidazole rings is 1. The highest BCUT2D eigenvalue weighted by atomic mass is 31.2. The van der Waals surface area contributed by atoms with E-state index in [1.54, 1.807) is 23.6 Å². The maximum absolute atomic E-state index is 10.8. The summed E-state index contributed by atoms with van der Waals surface area (Å²) in [5.41, 5.74) is 6.62. The van der Waals surface area contributed by atoms with Crippen LogP contribution in [0, 0.1) is 0 Å². The van der Waals surface area contributed by atoms with Crippen LogP contribution in [0.3, 0.4) is 0 Å². The second-order valence-electron chi connectivity index (χ2n) is 6.27. The van der Waals surface area contributed by atoms with Gasteiger partial charge in [-0.2, -0.15) is 9.05 Å². The predicted molar refractivity (Wildman–Crippen MR) is 99.8 cm³/mol. The first-order valence-electron chi connectivity index (χ1n) is 8.41. The molecule has 3 aromatic heterocycles. The molecule has 4 heterocycles. The number of aliphatic hydroxyl groups excluding tert-OH is 1. The molecule has 1 saturated heterocycles. The van der Waals surface area contributed by atoms with E-state index in [0.29, 0.717) is 22.7 Å². The Bertz CT molecular complexity index is 967. The number of furan rings is 1. The topological polar surface area (TPSA) is 151 Å². The number of rotatable bonds is 2. The van der Waals surface area contributed by atoms with Gasteiger partial charge in [0, 0.05) is 0 Å². The Morgan fingerprint density at radius 1 is 1.32 bits per heavy atom. The number of ether oxygens (including phenoxy) is 1. The number of hydrogen-bond donors (Lipinski definition) is 3. The van der Waals surface area contributed by atoms with Crippen molar-refractivity contribution in [3.05, 3.63) is 24.7 Å². The van der Waals surface area contributed by atoms with Crippen LogP contribution in [-0.4, -0.2) is 62.5 Å². The lowest BCUT2D eigenvalue weighted by molar-refractivity contribution is -0.120. The third kappa shape index (κ3) is 3.62. The Labute approximate surface area is 161 Å². The van der Waals surface area contributed by atoms with Gasteiger partial charge in [0.05, 0.1) is 12.4 Å². The molecule has 0 saturated carbocycles. The average molecular weight is 406 g/mol. The molecule has 4 N–H and O–H groups in total. The fraction of sp³-hybridized carbons (Fsp3) is 0.400. The summed E-state index contributed by atoms with van der Waals surface area (Å²) in [7, 11) is 2.05. The maximum atomic E-state index is 10.8. The standard InChI is InChI=1S/C15H18BN5O6P/c1-8-5-25-28(16,23)26-6-9(22)15(27-8)21-13(10-3-2-4-24-10)20-11-12(17)18-7-19-14(11)21/h2-4,7-9,15,22-23H,5-6H2,1H3,(H2,17,18,19)/q+1/t8-,9-,15+,28?/m0/s1. The van der Waals surface area contributed by atoms with Crippen molar-refractivity contribution in [2.45, 2.75) is 25.4 Å². The molecule has 4 atom stereocenters. The van der Waals surface area contributed by atoms with Gasteiger partial charge < -0.3 is 20.0 Å². The van der Waals surface area contributed by atoms with E-state index in [2.05, 4.69) is 15.0 Å². The van der Waals surface area contributed by atoms with Crippen LogP contribution < -0.4 is 5.73 Å². The molecule has 28 heavy (non-hydrogen) atoms. The number of aromatic nitrogens is 4. The van der Waals surface area contributed by atoms with Gasteiger partial charge in [-0.3, -0.25) is 4.57 Å². The molecule has 13 heteroatoms. The average Bonchev–Trinajstić information content (AvgIpc) is 3.31.